The summed E-state index contributed by atoms with van der Waals surface area (Å²) in [5, 5.41) is 7.68. The number of rotatable bonds is 6. The van der Waals surface area contributed by atoms with Gasteiger partial charge in [-0.3, -0.25) is 9.69 Å². The molecule has 0 unspecified atom stereocenters. The molecule has 1 atom stereocenters. The molecule has 0 spiro atoms. The second-order valence-corrected chi connectivity index (χ2v) is 7.22. The smallest absolute Gasteiger partial charge is 0.243 e. The lowest BCUT2D eigenvalue weighted by molar-refractivity contribution is -0.120. The van der Waals surface area contributed by atoms with E-state index in [1.54, 1.807) is 0 Å². The minimum absolute atomic E-state index is 0.0247. The molecule has 1 amide bonds. The largest absolute Gasteiger partial charge is 0.309 e. The zero-order valence-electron chi connectivity index (χ0n) is 15.4. The summed E-state index contributed by atoms with van der Waals surface area (Å²) in [6.45, 7) is 2.01. The minimum Gasteiger partial charge on any atom is -0.309 e. The first-order chi connectivity index (χ1) is 12.1. The van der Waals surface area contributed by atoms with Gasteiger partial charge in [0.05, 0.1) is 18.3 Å². The van der Waals surface area contributed by atoms with Crippen LogP contribution in [0.5, 0.6) is 0 Å². The second-order valence-electron chi connectivity index (χ2n) is 7.22. The highest BCUT2D eigenvalue weighted by Crippen LogP contribution is 2.32. The van der Waals surface area contributed by atoms with E-state index in [1.165, 1.54) is 12.8 Å². The van der Waals surface area contributed by atoms with Crippen LogP contribution in [0.1, 0.15) is 42.9 Å². The van der Waals surface area contributed by atoms with E-state index in [4.69, 9.17) is 0 Å². The molecule has 3 rings (SSSR count). The Kier molecular flexibility index (Phi) is 5.53. The lowest BCUT2D eigenvalue weighted by Gasteiger charge is -2.24. The molecule has 0 bridgehead atoms. The van der Waals surface area contributed by atoms with Crippen LogP contribution in [0.15, 0.2) is 36.5 Å². The van der Waals surface area contributed by atoms with E-state index in [2.05, 4.69) is 22.5 Å². The maximum absolute atomic E-state index is 13.0. The number of aromatic nitrogens is 2. The number of nitrogens with zero attached hydrogens (tertiary/aromatic N) is 3. The third-order valence-corrected chi connectivity index (χ3v) is 5.09. The Labute approximate surface area is 150 Å². The number of carbonyl (C=O) groups excluding carboxylic acids is 1. The van der Waals surface area contributed by atoms with Crippen LogP contribution < -0.4 is 5.32 Å². The van der Waals surface area contributed by atoms with Crippen molar-refractivity contribution in [3.63, 3.8) is 0 Å². The highest BCUT2D eigenvalue weighted by Gasteiger charge is 2.26. The molecule has 134 valence electrons. The van der Waals surface area contributed by atoms with E-state index in [1.807, 2.05) is 55.0 Å². The van der Waals surface area contributed by atoms with E-state index in [0.29, 0.717) is 12.5 Å². The van der Waals surface area contributed by atoms with Crippen LogP contribution in [-0.4, -0.2) is 40.7 Å². The molecule has 1 heterocycles. The van der Waals surface area contributed by atoms with Crippen molar-refractivity contribution in [1.82, 2.24) is 14.7 Å². The molecule has 0 radical (unpaired) electrons. The molecule has 0 saturated heterocycles. The standard InChI is InChI=1S/C20H28N4O/c1-15-14-21-24(17-11-7-8-12-17)19(15)22-20(25)18(23(2)3)13-16-9-5-4-6-10-16/h4-6,9-10,14,17-18H,7-8,11-13H2,1-3H3,(H,22,25)/t18-/m0/s1. The summed E-state index contributed by atoms with van der Waals surface area (Å²) in [5.41, 5.74) is 2.19. The molecule has 1 aliphatic rings. The van der Waals surface area contributed by atoms with Gasteiger partial charge in [0.15, 0.2) is 0 Å². The first-order valence-electron chi connectivity index (χ1n) is 9.11. The topological polar surface area (TPSA) is 50.2 Å². The minimum atomic E-state index is -0.214. The molecule has 1 aromatic heterocycles. The van der Waals surface area contributed by atoms with Gasteiger partial charge < -0.3 is 5.32 Å². The van der Waals surface area contributed by atoms with Crippen molar-refractivity contribution >= 4 is 11.7 Å². The van der Waals surface area contributed by atoms with Crippen molar-refractivity contribution in [2.45, 2.75) is 51.1 Å². The quantitative estimate of drug-likeness (QED) is 0.876. The normalized spacial score (nSPS) is 16.3. The Balaban J connectivity index is 1.76. The number of likely N-dealkylation sites (N-methyl/N-ethyl adjacent to an activating group) is 1. The third-order valence-electron chi connectivity index (χ3n) is 5.09. The van der Waals surface area contributed by atoms with Gasteiger partial charge in [-0.25, -0.2) is 4.68 Å². The van der Waals surface area contributed by atoms with Crippen LogP contribution >= 0.6 is 0 Å². The molecule has 0 aliphatic heterocycles. The number of hydrogen-bond donors (Lipinski definition) is 1. The molecule has 1 saturated carbocycles. The maximum Gasteiger partial charge on any atom is 0.243 e. The summed E-state index contributed by atoms with van der Waals surface area (Å²) < 4.78 is 2.02. The van der Waals surface area contributed by atoms with Gasteiger partial charge in [-0.1, -0.05) is 43.2 Å². The average Bonchev–Trinajstić information content (AvgIpc) is 3.24. The monoisotopic (exact) mass is 340 g/mol. The van der Waals surface area contributed by atoms with Crippen molar-refractivity contribution in [2.75, 3.05) is 19.4 Å². The number of carbonyl (C=O) groups is 1. The zero-order chi connectivity index (χ0) is 17.8. The number of amides is 1. The number of anilines is 1. The Bertz CT molecular complexity index is 702. The molecular weight excluding hydrogens is 312 g/mol. The second kappa shape index (κ2) is 7.83. The van der Waals surface area contributed by atoms with Crippen LogP contribution in [0.2, 0.25) is 0 Å². The molecule has 2 aromatic rings. The van der Waals surface area contributed by atoms with Gasteiger partial charge in [-0.15, -0.1) is 0 Å². The summed E-state index contributed by atoms with van der Waals surface area (Å²) >= 11 is 0. The molecule has 1 fully saturated rings. The summed E-state index contributed by atoms with van der Waals surface area (Å²) in [5.74, 6) is 0.883. The van der Waals surface area contributed by atoms with Crippen LogP contribution in [0, 0.1) is 6.92 Å². The predicted octanol–water partition coefficient (Wildman–Crippen LogP) is 3.42. The fraction of sp³-hybridized carbons (Fsp3) is 0.500. The zero-order valence-corrected chi connectivity index (χ0v) is 15.4. The number of hydrogen-bond acceptors (Lipinski definition) is 3. The van der Waals surface area contributed by atoms with Crippen LogP contribution in [-0.2, 0) is 11.2 Å². The van der Waals surface area contributed by atoms with Crippen LogP contribution in [0.3, 0.4) is 0 Å². The van der Waals surface area contributed by atoms with Crippen molar-refractivity contribution in [3.8, 4) is 0 Å². The molecule has 1 aromatic carbocycles. The van der Waals surface area contributed by atoms with E-state index < -0.39 is 0 Å². The van der Waals surface area contributed by atoms with Gasteiger partial charge in [-0.05, 0) is 45.8 Å². The van der Waals surface area contributed by atoms with Crippen LogP contribution in [0.4, 0.5) is 5.82 Å². The summed E-state index contributed by atoms with van der Waals surface area (Å²) in [4.78, 5) is 15.0. The Morgan fingerprint density at radius 3 is 2.60 bits per heavy atom. The van der Waals surface area contributed by atoms with E-state index in [0.717, 1.165) is 29.8 Å². The fourth-order valence-corrected chi connectivity index (χ4v) is 3.58. The van der Waals surface area contributed by atoms with Gasteiger partial charge in [0.1, 0.15) is 5.82 Å². The maximum atomic E-state index is 13.0. The van der Waals surface area contributed by atoms with Crippen molar-refractivity contribution < 1.29 is 4.79 Å². The molecule has 5 heteroatoms. The first kappa shape index (κ1) is 17.7. The number of nitrogens with one attached hydrogen (secondary N) is 1. The van der Waals surface area contributed by atoms with Crippen molar-refractivity contribution in [2.24, 2.45) is 0 Å². The predicted molar refractivity (Wildman–Crippen MR) is 101 cm³/mol. The van der Waals surface area contributed by atoms with Crippen molar-refractivity contribution in [3.05, 3.63) is 47.7 Å². The van der Waals surface area contributed by atoms with Gasteiger partial charge in [0.2, 0.25) is 5.91 Å². The van der Waals surface area contributed by atoms with Crippen molar-refractivity contribution in [1.29, 1.82) is 0 Å². The lowest BCUT2D eigenvalue weighted by atomic mass is 10.0. The molecule has 25 heavy (non-hydrogen) atoms. The van der Waals surface area contributed by atoms with E-state index in [-0.39, 0.29) is 11.9 Å². The summed E-state index contributed by atoms with van der Waals surface area (Å²) in [6, 6.07) is 10.4. The summed E-state index contributed by atoms with van der Waals surface area (Å²) in [7, 11) is 3.91. The fourth-order valence-electron chi connectivity index (χ4n) is 3.58. The van der Waals surface area contributed by atoms with Crippen LogP contribution in [0.25, 0.3) is 0 Å². The Morgan fingerprint density at radius 1 is 1.28 bits per heavy atom. The van der Waals surface area contributed by atoms with E-state index >= 15 is 0 Å². The molecule has 5 nitrogen and oxygen atoms in total. The van der Waals surface area contributed by atoms with Gasteiger partial charge in [-0.2, -0.15) is 5.10 Å². The van der Waals surface area contributed by atoms with Gasteiger partial charge in [0, 0.05) is 5.56 Å². The molecule has 1 aliphatic carbocycles. The summed E-state index contributed by atoms with van der Waals surface area (Å²) in [6.07, 6.45) is 7.32. The highest BCUT2D eigenvalue weighted by atomic mass is 16.2. The van der Waals surface area contributed by atoms with Gasteiger partial charge >= 0.3 is 0 Å². The van der Waals surface area contributed by atoms with E-state index in [9.17, 15) is 4.79 Å². The third kappa shape index (κ3) is 4.10. The average molecular weight is 340 g/mol. The molecular formula is C20H28N4O. The van der Waals surface area contributed by atoms with Gasteiger partial charge in [0.25, 0.3) is 0 Å². The SMILES string of the molecule is Cc1cnn(C2CCCC2)c1NC(=O)[C@H](Cc1ccccc1)N(C)C. The number of aryl methyl sites for hydroxylation is 1. The highest BCUT2D eigenvalue weighted by molar-refractivity contribution is 5.94. The first-order valence-corrected chi connectivity index (χ1v) is 9.11. The number of benzene rings is 1. The molecule has 1 N–H and O–H groups in total. The Morgan fingerprint density at radius 2 is 1.96 bits per heavy atom. The Hall–Kier alpha value is -2.14. The lowest BCUT2D eigenvalue weighted by Crippen LogP contribution is -2.41.